The van der Waals surface area contributed by atoms with Crippen molar-refractivity contribution in [1.29, 1.82) is 0 Å². The molecule has 12 heteroatoms. The maximum Gasteiger partial charge on any atom is 0.243 e. The predicted octanol–water partition coefficient (Wildman–Crippen LogP) is 1.76. The fraction of sp³-hybridized carbons (Fsp3) is 0.393. The van der Waals surface area contributed by atoms with Crippen LogP contribution < -0.4 is 21.9 Å². The lowest BCUT2D eigenvalue weighted by atomic mass is 10.0. The highest BCUT2D eigenvalue weighted by atomic mass is 32.1. The molecular formula is C28H35N7O4S. The number of hydrogen-bond acceptors (Lipinski definition) is 9. The van der Waals surface area contributed by atoms with Crippen molar-refractivity contribution in [2.75, 3.05) is 20.1 Å². The number of aromatic hydroxyl groups is 1. The third-order valence-corrected chi connectivity index (χ3v) is 7.86. The van der Waals surface area contributed by atoms with Gasteiger partial charge in [-0.3, -0.25) is 19.4 Å². The van der Waals surface area contributed by atoms with Crippen LogP contribution >= 0.6 is 11.3 Å². The number of thiazole rings is 1. The number of rotatable bonds is 13. The Hall–Kier alpha value is -3.87. The van der Waals surface area contributed by atoms with Crippen molar-refractivity contribution in [3.8, 4) is 5.75 Å². The number of fused-ring (bicyclic) bond motifs is 1. The Kier molecular flexibility index (Phi) is 9.67. The van der Waals surface area contributed by atoms with Crippen molar-refractivity contribution in [3.63, 3.8) is 0 Å². The first kappa shape index (κ1) is 27.7. The van der Waals surface area contributed by atoms with Crippen molar-refractivity contribution in [2.45, 2.75) is 50.2 Å². The van der Waals surface area contributed by atoms with E-state index in [9.17, 15) is 19.5 Å². The Morgan fingerprint density at radius 3 is 2.88 bits per heavy atom. The van der Waals surface area contributed by atoms with Gasteiger partial charge in [-0.1, -0.05) is 30.3 Å². The summed E-state index contributed by atoms with van der Waals surface area (Å²) in [6.07, 6.45) is 3.70. The molecule has 1 fully saturated rings. The average Bonchev–Trinajstić information content (AvgIpc) is 3.63. The van der Waals surface area contributed by atoms with Crippen LogP contribution in [0.1, 0.15) is 42.4 Å². The lowest BCUT2D eigenvalue weighted by Crippen LogP contribution is -2.54. The van der Waals surface area contributed by atoms with Crippen LogP contribution in [-0.4, -0.2) is 77.2 Å². The smallest absolute Gasteiger partial charge is 0.243 e. The van der Waals surface area contributed by atoms with Gasteiger partial charge in [-0.2, -0.15) is 0 Å². The number of phenols is 1. The third kappa shape index (κ3) is 7.20. The molecule has 2 heterocycles. The summed E-state index contributed by atoms with van der Waals surface area (Å²) in [5, 5.41) is 15.9. The van der Waals surface area contributed by atoms with E-state index in [4.69, 9.17) is 7.21 Å². The third-order valence-electron chi connectivity index (χ3n) is 6.83. The number of aromatic nitrogens is 1. The highest BCUT2D eigenvalue weighted by Gasteiger charge is 2.38. The fourth-order valence-corrected chi connectivity index (χ4v) is 5.80. The molecule has 6 N–H and O–H groups in total. The molecule has 1 aliphatic rings. The number of benzene rings is 2. The molecule has 1 saturated heterocycles. The summed E-state index contributed by atoms with van der Waals surface area (Å²) < 4.78 is 8.30. The zero-order chi connectivity index (χ0) is 29.2. The highest BCUT2D eigenvalue weighted by molar-refractivity contribution is 7.20. The van der Waals surface area contributed by atoms with Gasteiger partial charge in [0.15, 0.2) is 5.01 Å². The van der Waals surface area contributed by atoms with Crippen LogP contribution in [0.25, 0.3) is 10.2 Å². The molecule has 0 spiro atoms. The Balaban J connectivity index is 1.49. The number of ketones is 1. The second-order valence-corrected chi connectivity index (χ2v) is 10.6. The quantitative estimate of drug-likeness (QED) is 0.0522. The molecular weight excluding hydrogens is 530 g/mol. The van der Waals surface area contributed by atoms with E-state index < -0.39 is 24.0 Å². The Morgan fingerprint density at radius 2 is 2.10 bits per heavy atom. The van der Waals surface area contributed by atoms with Crippen LogP contribution in [0.2, 0.25) is 0 Å². The van der Waals surface area contributed by atoms with Crippen molar-refractivity contribution < 1.29 is 20.9 Å². The first-order valence-corrected chi connectivity index (χ1v) is 14.0. The first-order chi connectivity index (χ1) is 19.9. The summed E-state index contributed by atoms with van der Waals surface area (Å²) in [5.41, 5.74) is 3.87. The van der Waals surface area contributed by atoms with Gasteiger partial charge in [-0.05, 0) is 62.9 Å². The van der Waals surface area contributed by atoms with Crippen molar-refractivity contribution >= 4 is 45.5 Å². The standard InChI is InChI=1S/C28H35N7O4S/c1-30-22(15-18-7-3-2-4-8-18)28(39)35-14-6-10-23(35)26(38)33-21(9-5-13-31-17-32-29)25(37)27-34-20-12-11-19(36)16-24(20)40-27/h2-4,7-8,11-12,16-17,21-23,30,36H,5-6,9-10,13-15,29H2,1H3,(H,31,32)(H,33,38)/t21-,22+,23+/m1/s1/i1D. The lowest BCUT2D eigenvalue weighted by molar-refractivity contribution is -0.140. The van der Waals surface area contributed by atoms with Crippen LogP contribution in [0.3, 0.4) is 0 Å². The van der Waals surface area contributed by atoms with Gasteiger partial charge in [-0.15, -0.1) is 11.3 Å². The number of hydrogen-bond donors (Lipinski definition) is 5. The van der Waals surface area contributed by atoms with E-state index >= 15 is 0 Å². The summed E-state index contributed by atoms with van der Waals surface area (Å²) in [6, 6.07) is 12.0. The topological polar surface area (TPSA) is 162 Å². The maximum absolute atomic E-state index is 13.6. The largest absolute Gasteiger partial charge is 0.508 e. The molecule has 0 unspecified atom stereocenters. The zero-order valence-corrected chi connectivity index (χ0v) is 22.9. The summed E-state index contributed by atoms with van der Waals surface area (Å²) in [4.78, 5) is 50.8. The van der Waals surface area contributed by atoms with Crippen LogP contribution in [0, 0.1) is 0 Å². The molecule has 2 aromatic carbocycles. The minimum Gasteiger partial charge on any atom is -0.508 e. The molecule has 2 amide bonds. The molecule has 0 radical (unpaired) electrons. The first-order valence-electron chi connectivity index (χ1n) is 13.9. The molecule has 1 aromatic heterocycles. The number of aliphatic imine (C=N–C) groups is 1. The van der Waals surface area contributed by atoms with Crippen molar-refractivity contribution in [1.82, 2.24) is 25.9 Å². The Morgan fingerprint density at radius 1 is 1.27 bits per heavy atom. The van der Waals surface area contributed by atoms with Gasteiger partial charge in [0.05, 0.1) is 28.6 Å². The number of likely N-dealkylation sites (N-methyl/N-ethyl adjacent to an activating group) is 1. The normalized spacial score (nSPS) is 17.1. The van der Waals surface area contributed by atoms with Gasteiger partial charge in [0.25, 0.3) is 0 Å². The van der Waals surface area contributed by atoms with Gasteiger partial charge >= 0.3 is 0 Å². The number of Topliss-reactive ketones (excluding diaryl/α,β-unsaturated/α-hetero) is 1. The Labute approximate surface area is 238 Å². The van der Waals surface area contributed by atoms with E-state index in [-0.39, 0.29) is 29.5 Å². The monoisotopic (exact) mass is 566 g/mol. The number of amides is 2. The number of nitrogens with one attached hydrogen (secondary N) is 3. The summed E-state index contributed by atoms with van der Waals surface area (Å²) >= 11 is 1.15. The van der Waals surface area contributed by atoms with Crippen LogP contribution in [-0.2, 0) is 16.0 Å². The minimum atomic E-state index is -0.873. The molecule has 3 aromatic rings. The van der Waals surface area contributed by atoms with E-state index in [2.05, 4.69) is 26.0 Å². The number of likely N-dealkylation sites (tertiary alicyclic amines) is 1. The van der Waals surface area contributed by atoms with Crippen LogP contribution in [0.4, 0.5) is 0 Å². The van der Waals surface area contributed by atoms with Gasteiger partial charge < -0.3 is 26.1 Å². The average molecular weight is 567 g/mol. The number of nitrogens with zero attached hydrogens (tertiary/aromatic N) is 3. The lowest BCUT2D eigenvalue weighted by Gasteiger charge is -2.29. The molecule has 40 heavy (non-hydrogen) atoms. The van der Waals surface area contributed by atoms with E-state index in [0.29, 0.717) is 55.4 Å². The van der Waals surface area contributed by atoms with Crippen molar-refractivity contribution in [2.24, 2.45) is 10.8 Å². The van der Waals surface area contributed by atoms with Gasteiger partial charge in [0, 0.05) is 14.5 Å². The van der Waals surface area contributed by atoms with Crippen LogP contribution in [0.15, 0.2) is 53.5 Å². The SMILES string of the molecule is [2H]CN[C@@H](Cc1ccccc1)C(=O)N1CCC[C@H]1C(=O)N[C@H](CCCN=CNN)C(=O)c1nc2ccc(O)cc2s1. The maximum atomic E-state index is 13.6. The zero-order valence-electron chi connectivity index (χ0n) is 23.1. The number of carbonyl (C=O) groups excluding carboxylic acids is 3. The summed E-state index contributed by atoms with van der Waals surface area (Å²) in [5.74, 6) is 4.32. The van der Waals surface area contributed by atoms with E-state index in [1.807, 2.05) is 30.3 Å². The van der Waals surface area contributed by atoms with Gasteiger partial charge in [0.2, 0.25) is 17.6 Å². The molecule has 3 atom stereocenters. The number of phenolic OH excluding ortho intramolecular Hbond substituents is 1. The van der Waals surface area contributed by atoms with Crippen molar-refractivity contribution in [3.05, 3.63) is 59.1 Å². The highest BCUT2D eigenvalue weighted by Crippen LogP contribution is 2.27. The van der Waals surface area contributed by atoms with E-state index in [1.165, 1.54) is 12.4 Å². The van der Waals surface area contributed by atoms with E-state index in [1.54, 1.807) is 17.0 Å². The predicted molar refractivity (Wildman–Crippen MR) is 155 cm³/mol. The van der Waals surface area contributed by atoms with E-state index in [0.717, 1.165) is 16.9 Å². The molecule has 11 nitrogen and oxygen atoms in total. The van der Waals surface area contributed by atoms with Crippen LogP contribution in [0.5, 0.6) is 5.75 Å². The molecule has 212 valence electrons. The molecule has 0 bridgehead atoms. The molecule has 1 aliphatic heterocycles. The Bertz CT molecular complexity index is 1370. The molecule has 0 aliphatic carbocycles. The summed E-state index contributed by atoms with van der Waals surface area (Å²) in [6.45, 7) is 0.814. The fourth-order valence-electron chi connectivity index (χ4n) is 4.81. The number of carbonyl (C=O) groups is 3. The molecule has 4 rings (SSSR count). The summed E-state index contributed by atoms with van der Waals surface area (Å²) in [7, 11) is -0.132. The van der Waals surface area contributed by atoms with Gasteiger partial charge in [0.1, 0.15) is 11.8 Å². The molecule has 0 saturated carbocycles. The van der Waals surface area contributed by atoms with Gasteiger partial charge in [-0.25, -0.2) is 10.8 Å². The second-order valence-electron chi connectivity index (χ2n) is 9.58. The minimum absolute atomic E-state index is 0.0767. The number of nitrogens with two attached hydrogens (primary N) is 1. The number of hydrazine groups is 1. The second kappa shape index (κ2) is 14.0.